The van der Waals surface area contributed by atoms with E-state index in [4.69, 9.17) is 4.74 Å². The molecule has 2 rings (SSSR count). The molecule has 2 atom stereocenters. The smallest absolute Gasteiger partial charge is 0.255 e. The second kappa shape index (κ2) is 9.86. The Balaban J connectivity index is 2.40. The van der Waals surface area contributed by atoms with Gasteiger partial charge in [0.15, 0.2) is 11.6 Å². The summed E-state index contributed by atoms with van der Waals surface area (Å²) < 4.78 is 5.92. The predicted molar refractivity (Wildman–Crippen MR) is 116 cm³/mol. The van der Waals surface area contributed by atoms with Gasteiger partial charge in [0.05, 0.1) is 30.0 Å². The zero-order chi connectivity index (χ0) is 20.8. The van der Waals surface area contributed by atoms with Gasteiger partial charge in [0, 0.05) is 16.2 Å². The van der Waals surface area contributed by atoms with E-state index in [0.717, 1.165) is 0 Å². The molecular formula is C21H25IN2O4. The van der Waals surface area contributed by atoms with Gasteiger partial charge < -0.3 is 15.0 Å². The Hall–Kier alpha value is -2.16. The highest BCUT2D eigenvalue weighted by Gasteiger charge is 2.32. The highest BCUT2D eigenvalue weighted by molar-refractivity contribution is 14.1. The maximum atomic E-state index is 13.4. The lowest BCUT2D eigenvalue weighted by Gasteiger charge is -2.24. The van der Waals surface area contributed by atoms with Crippen molar-refractivity contribution in [2.24, 2.45) is 5.92 Å². The van der Waals surface area contributed by atoms with Gasteiger partial charge >= 0.3 is 0 Å². The minimum atomic E-state index is -0.755. The van der Waals surface area contributed by atoms with E-state index >= 15 is 0 Å². The molecule has 0 bridgehead atoms. The number of rotatable bonds is 9. The summed E-state index contributed by atoms with van der Waals surface area (Å²) in [6.45, 7) is 5.62. The highest BCUT2D eigenvalue weighted by Crippen LogP contribution is 2.24. The van der Waals surface area contributed by atoms with Crippen molar-refractivity contribution in [1.29, 1.82) is 0 Å². The minimum absolute atomic E-state index is 0.110. The van der Waals surface area contributed by atoms with Crippen molar-refractivity contribution in [3.05, 3.63) is 50.9 Å². The van der Waals surface area contributed by atoms with Gasteiger partial charge in [-0.05, 0) is 40.6 Å². The number of aromatic amines is 1. The molecule has 0 fully saturated rings. The van der Waals surface area contributed by atoms with Crippen molar-refractivity contribution >= 4 is 40.1 Å². The van der Waals surface area contributed by atoms with Crippen LogP contribution in [0.5, 0.6) is 5.75 Å². The number of carbonyl (C=O) groups is 3. The van der Waals surface area contributed by atoms with E-state index in [2.05, 4.69) is 10.3 Å². The summed E-state index contributed by atoms with van der Waals surface area (Å²) in [5, 5.41) is 2.86. The van der Waals surface area contributed by atoms with E-state index in [-0.39, 0.29) is 23.4 Å². The van der Waals surface area contributed by atoms with E-state index in [9.17, 15) is 14.4 Å². The zero-order valence-electron chi connectivity index (χ0n) is 16.5. The van der Waals surface area contributed by atoms with E-state index in [1.165, 1.54) is 7.11 Å². The normalized spacial score (nSPS) is 12.9. The molecule has 1 heterocycles. The zero-order valence-corrected chi connectivity index (χ0v) is 18.6. The fourth-order valence-corrected chi connectivity index (χ4v) is 3.64. The number of nitrogens with one attached hydrogen (secondary N) is 2. The van der Waals surface area contributed by atoms with E-state index in [0.29, 0.717) is 39.0 Å². The first kappa shape index (κ1) is 22.1. The molecule has 0 saturated heterocycles. The quantitative estimate of drug-likeness (QED) is 0.402. The molecule has 0 saturated carbocycles. The third-order valence-electron chi connectivity index (χ3n) is 4.81. The van der Waals surface area contributed by atoms with Crippen molar-refractivity contribution in [2.45, 2.75) is 39.7 Å². The minimum Gasteiger partial charge on any atom is -0.496 e. The van der Waals surface area contributed by atoms with E-state index in [1.54, 1.807) is 37.4 Å². The van der Waals surface area contributed by atoms with Crippen LogP contribution < -0.4 is 10.1 Å². The molecule has 1 aromatic carbocycles. The summed E-state index contributed by atoms with van der Waals surface area (Å²) in [5.74, 6) is -0.454. The number of ether oxygens (including phenoxy) is 1. The second-order valence-electron chi connectivity index (χ2n) is 6.56. The van der Waals surface area contributed by atoms with Crippen LogP contribution in [0.15, 0.2) is 30.5 Å². The Morgan fingerprint density at radius 3 is 2.50 bits per heavy atom. The van der Waals surface area contributed by atoms with Crippen LogP contribution in [-0.2, 0) is 0 Å². The molecule has 1 unspecified atom stereocenters. The largest absolute Gasteiger partial charge is 0.496 e. The fraction of sp³-hybridized carbons (Fsp3) is 0.381. The Morgan fingerprint density at radius 1 is 1.21 bits per heavy atom. The monoisotopic (exact) mass is 496 g/mol. The van der Waals surface area contributed by atoms with Crippen LogP contribution in [0.2, 0.25) is 0 Å². The molecule has 0 aliphatic carbocycles. The molecule has 0 aliphatic rings. The van der Waals surface area contributed by atoms with Crippen molar-refractivity contribution in [2.75, 3.05) is 7.11 Å². The number of methoxy groups -OCH3 is 1. The molecule has 150 valence electrons. The van der Waals surface area contributed by atoms with Crippen LogP contribution >= 0.6 is 22.6 Å². The summed E-state index contributed by atoms with van der Waals surface area (Å²) in [6, 6.07) is 6.11. The Labute approximate surface area is 178 Å². The number of amides is 1. The number of hydrogen-bond acceptors (Lipinski definition) is 4. The molecule has 6 nitrogen and oxygen atoms in total. The lowest BCUT2D eigenvalue weighted by Crippen LogP contribution is -2.45. The number of Topliss-reactive ketones (excluding diaryl/α,β-unsaturated/α-hetero) is 2. The van der Waals surface area contributed by atoms with Crippen LogP contribution in [0.25, 0.3) is 0 Å². The average molecular weight is 496 g/mol. The third kappa shape index (κ3) is 4.63. The molecule has 0 aliphatic heterocycles. The van der Waals surface area contributed by atoms with Crippen molar-refractivity contribution in [3.8, 4) is 5.75 Å². The molecule has 0 spiro atoms. The standard InChI is InChI=1S/C21H25IN2O4/c1-5-12(3)18(24-21(27)13-9-7-8-10-16(13)28-4)20(26)17-14(22)11-23-19(17)15(25)6-2/h7-12,18,23H,5-6H2,1-4H3,(H,24,27)/t12?,18-/m0/s1. The van der Waals surface area contributed by atoms with Crippen molar-refractivity contribution in [3.63, 3.8) is 0 Å². The summed E-state index contributed by atoms with van der Waals surface area (Å²) in [5.41, 5.74) is 1.01. The van der Waals surface area contributed by atoms with Crippen molar-refractivity contribution < 1.29 is 19.1 Å². The Bertz CT molecular complexity index is 875. The van der Waals surface area contributed by atoms with Crippen LogP contribution in [0, 0.1) is 9.49 Å². The number of para-hydroxylation sites is 1. The number of halogens is 1. The summed E-state index contributed by atoms with van der Waals surface area (Å²) in [4.78, 5) is 41.4. The Morgan fingerprint density at radius 2 is 1.89 bits per heavy atom. The fourth-order valence-electron chi connectivity index (χ4n) is 2.95. The average Bonchev–Trinajstić information content (AvgIpc) is 3.11. The molecule has 1 amide bonds. The van der Waals surface area contributed by atoms with Crippen molar-refractivity contribution in [1.82, 2.24) is 10.3 Å². The third-order valence-corrected chi connectivity index (χ3v) is 5.66. The number of hydrogen-bond donors (Lipinski definition) is 2. The predicted octanol–water partition coefficient (Wildman–Crippen LogP) is 4.25. The summed E-state index contributed by atoms with van der Waals surface area (Å²) >= 11 is 2.03. The number of carbonyl (C=O) groups excluding carboxylic acids is 3. The first-order chi connectivity index (χ1) is 13.3. The molecule has 28 heavy (non-hydrogen) atoms. The van der Waals surface area contributed by atoms with Gasteiger partial charge in [-0.3, -0.25) is 14.4 Å². The SMILES string of the molecule is CCC(=O)c1[nH]cc(I)c1C(=O)[C@@H](NC(=O)c1ccccc1OC)C(C)CC. The molecular weight excluding hydrogens is 471 g/mol. The molecule has 2 aromatic rings. The van der Waals surface area contributed by atoms with Crippen LogP contribution in [0.4, 0.5) is 0 Å². The van der Waals surface area contributed by atoms with E-state index < -0.39 is 6.04 Å². The summed E-state index contributed by atoms with van der Waals surface area (Å²) in [7, 11) is 1.49. The van der Waals surface area contributed by atoms with Crippen LogP contribution in [0.3, 0.4) is 0 Å². The molecule has 0 radical (unpaired) electrons. The first-order valence-corrected chi connectivity index (χ1v) is 10.3. The molecule has 1 aromatic heterocycles. The van der Waals surface area contributed by atoms with Crippen LogP contribution in [-0.4, -0.2) is 35.6 Å². The van der Waals surface area contributed by atoms with Gasteiger partial charge in [0.25, 0.3) is 5.91 Å². The number of H-pyrrole nitrogens is 1. The maximum Gasteiger partial charge on any atom is 0.255 e. The van der Waals surface area contributed by atoms with Gasteiger partial charge in [-0.25, -0.2) is 0 Å². The second-order valence-corrected chi connectivity index (χ2v) is 7.73. The number of ketones is 2. The topological polar surface area (TPSA) is 88.3 Å². The van der Waals surface area contributed by atoms with Crippen LogP contribution in [0.1, 0.15) is 64.8 Å². The van der Waals surface area contributed by atoms with Gasteiger partial charge in [-0.2, -0.15) is 0 Å². The maximum absolute atomic E-state index is 13.4. The first-order valence-electron chi connectivity index (χ1n) is 9.23. The summed E-state index contributed by atoms with van der Waals surface area (Å²) in [6.07, 6.45) is 2.63. The number of benzene rings is 1. The lowest BCUT2D eigenvalue weighted by atomic mass is 9.90. The highest BCUT2D eigenvalue weighted by atomic mass is 127. The van der Waals surface area contributed by atoms with Gasteiger partial charge in [-0.15, -0.1) is 0 Å². The van der Waals surface area contributed by atoms with Gasteiger partial charge in [-0.1, -0.05) is 39.3 Å². The number of aromatic nitrogens is 1. The van der Waals surface area contributed by atoms with Gasteiger partial charge in [0.2, 0.25) is 0 Å². The van der Waals surface area contributed by atoms with Gasteiger partial charge in [0.1, 0.15) is 5.75 Å². The lowest BCUT2D eigenvalue weighted by molar-refractivity contribution is 0.0820. The van der Waals surface area contributed by atoms with E-state index in [1.807, 2.05) is 36.4 Å². The molecule has 7 heteroatoms. The molecule has 2 N–H and O–H groups in total. The Kier molecular flexibility index (Phi) is 7.79.